The van der Waals surface area contributed by atoms with Crippen molar-refractivity contribution < 1.29 is 4.74 Å². The van der Waals surface area contributed by atoms with E-state index in [9.17, 15) is 0 Å². The van der Waals surface area contributed by atoms with Gasteiger partial charge >= 0.3 is 0 Å². The number of hydrogen-bond donors (Lipinski definition) is 1. The molecule has 2 nitrogen and oxygen atoms in total. The third-order valence-electron chi connectivity index (χ3n) is 3.22. The maximum absolute atomic E-state index is 5.98. The smallest absolute Gasteiger partial charge is 0.125 e. The van der Waals surface area contributed by atoms with Gasteiger partial charge in [0.15, 0.2) is 0 Å². The largest absolute Gasteiger partial charge is 0.488 e. The third-order valence-corrected chi connectivity index (χ3v) is 4.43. The van der Waals surface area contributed by atoms with E-state index in [0.717, 1.165) is 21.5 Å². The first kappa shape index (κ1) is 16.3. The van der Waals surface area contributed by atoms with Crippen molar-refractivity contribution in [3.05, 3.63) is 50.2 Å². The lowest BCUT2D eigenvalue weighted by molar-refractivity contribution is 0.305. The Balaban J connectivity index is 2.06. The first-order valence-electron chi connectivity index (χ1n) is 7.16. The lowest BCUT2D eigenvalue weighted by Gasteiger charge is -2.15. The highest BCUT2D eigenvalue weighted by atomic mass is 35.5. The van der Waals surface area contributed by atoms with Gasteiger partial charge in [-0.2, -0.15) is 0 Å². The monoisotopic (exact) mass is 323 g/mol. The van der Waals surface area contributed by atoms with Gasteiger partial charge in [0.25, 0.3) is 0 Å². The summed E-state index contributed by atoms with van der Waals surface area (Å²) in [5.74, 6) is 0.979. The Morgan fingerprint density at radius 1 is 1.19 bits per heavy atom. The normalized spacial score (nSPS) is 11.1. The average Bonchev–Trinajstić information content (AvgIpc) is 2.81. The van der Waals surface area contributed by atoms with Crippen molar-refractivity contribution in [2.24, 2.45) is 0 Å². The molecule has 1 heterocycles. The third kappa shape index (κ3) is 4.73. The molecule has 1 aromatic heterocycles. The fourth-order valence-electron chi connectivity index (χ4n) is 2.26. The molecule has 0 fully saturated rings. The van der Waals surface area contributed by atoms with Crippen LogP contribution in [0, 0.1) is 13.8 Å². The number of thiophene rings is 1. The second-order valence-corrected chi connectivity index (χ2v) is 7.39. The molecule has 0 spiro atoms. The van der Waals surface area contributed by atoms with Gasteiger partial charge in [0.2, 0.25) is 0 Å². The molecule has 0 aliphatic carbocycles. The number of aryl methyl sites for hydroxylation is 2. The van der Waals surface area contributed by atoms with Crippen LogP contribution >= 0.6 is 22.9 Å². The maximum Gasteiger partial charge on any atom is 0.125 e. The Kier molecular flexibility index (Phi) is 5.68. The van der Waals surface area contributed by atoms with Crippen LogP contribution in [0.15, 0.2) is 24.3 Å². The van der Waals surface area contributed by atoms with E-state index in [0.29, 0.717) is 12.6 Å². The summed E-state index contributed by atoms with van der Waals surface area (Å²) in [5, 5.41) is 3.44. The van der Waals surface area contributed by atoms with Crippen LogP contribution in [0.4, 0.5) is 0 Å². The number of hydrogen-bond acceptors (Lipinski definition) is 3. The van der Waals surface area contributed by atoms with E-state index in [2.05, 4.69) is 45.1 Å². The minimum atomic E-state index is 0.491. The molecule has 114 valence electrons. The van der Waals surface area contributed by atoms with E-state index in [-0.39, 0.29) is 0 Å². The second kappa shape index (κ2) is 7.30. The maximum atomic E-state index is 5.98. The Bertz CT molecular complexity index is 584. The van der Waals surface area contributed by atoms with Crippen molar-refractivity contribution in [2.75, 3.05) is 0 Å². The van der Waals surface area contributed by atoms with E-state index in [1.54, 1.807) is 11.3 Å². The Morgan fingerprint density at radius 3 is 2.38 bits per heavy atom. The fraction of sp³-hybridized carbons (Fsp3) is 0.412. The second-order valence-electron chi connectivity index (χ2n) is 5.59. The molecule has 0 amide bonds. The van der Waals surface area contributed by atoms with Gasteiger partial charge in [-0.1, -0.05) is 37.6 Å². The van der Waals surface area contributed by atoms with Gasteiger partial charge in [0, 0.05) is 17.5 Å². The van der Waals surface area contributed by atoms with Gasteiger partial charge in [-0.15, -0.1) is 11.3 Å². The number of ether oxygens (including phenoxy) is 1. The summed E-state index contributed by atoms with van der Waals surface area (Å²) in [6, 6.07) is 8.80. The Morgan fingerprint density at radius 2 is 1.86 bits per heavy atom. The molecule has 2 aromatic rings. The summed E-state index contributed by atoms with van der Waals surface area (Å²) >= 11 is 7.51. The van der Waals surface area contributed by atoms with E-state index in [1.807, 2.05) is 12.1 Å². The summed E-state index contributed by atoms with van der Waals surface area (Å²) < 4.78 is 6.78. The van der Waals surface area contributed by atoms with Crippen molar-refractivity contribution in [3.63, 3.8) is 0 Å². The number of nitrogens with one attached hydrogen (secondary N) is 1. The minimum Gasteiger partial charge on any atom is -0.488 e. The number of benzene rings is 1. The summed E-state index contributed by atoms with van der Waals surface area (Å²) in [4.78, 5) is 1.14. The van der Waals surface area contributed by atoms with Crippen molar-refractivity contribution in [1.29, 1.82) is 0 Å². The summed E-state index contributed by atoms with van der Waals surface area (Å²) in [7, 11) is 0. The molecule has 0 aliphatic rings. The van der Waals surface area contributed by atoms with Crippen LogP contribution in [0.5, 0.6) is 5.75 Å². The van der Waals surface area contributed by atoms with E-state index in [1.165, 1.54) is 16.7 Å². The molecule has 0 saturated heterocycles. The first-order valence-corrected chi connectivity index (χ1v) is 8.35. The highest BCUT2D eigenvalue weighted by Crippen LogP contribution is 2.28. The lowest BCUT2D eigenvalue weighted by Crippen LogP contribution is -2.21. The highest BCUT2D eigenvalue weighted by Gasteiger charge is 2.08. The molecule has 0 unspecified atom stereocenters. The average molecular weight is 324 g/mol. The summed E-state index contributed by atoms with van der Waals surface area (Å²) in [5.41, 5.74) is 3.65. The number of rotatable bonds is 6. The standard InChI is InChI=1S/C17H22ClNOS/c1-11(2)19-9-14-7-12(3)17(13(4)8-14)20-10-15-5-6-16(18)21-15/h5-8,11,19H,9-10H2,1-4H3. The van der Waals surface area contributed by atoms with Crippen molar-refractivity contribution >= 4 is 22.9 Å². The molecule has 0 atom stereocenters. The van der Waals surface area contributed by atoms with Crippen LogP contribution in [0.2, 0.25) is 4.34 Å². The molecule has 4 heteroatoms. The molecule has 2 rings (SSSR count). The van der Waals surface area contributed by atoms with E-state index in [4.69, 9.17) is 16.3 Å². The molecule has 1 aromatic carbocycles. The van der Waals surface area contributed by atoms with Gasteiger partial charge in [0.1, 0.15) is 12.4 Å². The zero-order chi connectivity index (χ0) is 15.4. The van der Waals surface area contributed by atoms with Gasteiger partial charge in [-0.05, 0) is 42.7 Å². The van der Waals surface area contributed by atoms with Crippen LogP contribution in [-0.4, -0.2) is 6.04 Å². The topological polar surface area (TPSA) is 21.3 Å². The molecular weight excluding hydrogens is 302 g/mol. The van der Waals surface area contributed by atoms with Crippen LogP contribution < -0.4 is 10.1 Å². The number of halogens is 1. The summed E-state index contributed by atoms with van der Waals surface area (Å²) in [6.07, 6.45) is 0. The molecule has 0 radical (unpaired) electrons. The zero-order valence-corrected chi connectivity index (χ0v) is 14.6. The molecule has 0 aliphatic heterocycles. The van der Waals surface area contributed by atoms with Crippen molar-refractivity contribution in [1.82, 2.24) is 5.32 Å². The predicted molar refractivity (Wildman–Crippen MR) is 91.6 cm³/mol. The molecular formula is C17H22ClNOS. The van der Waals surface area contributed by atoms with Crippen molar-refractivity contribution in [3.8, 4) is 5.75 Å². The zero-order valence-electron chi connectivity index (χ0n) is 13.0. The molecule has 1 N–H and O–H groups in total. The van der Waals surface area contributed by atoms with Crippen LogP contribution in [0.25, 0.3) is 0 Å². The van der Waals surface area contributed by atoms with E-state index >= 15 is 0 Å². The van der Waals surface area contributed by atoms with Gasteiger partial charge in [-0.3, -0.25) is 0 Å². The van der Waals surface area contributed by atoms with Crippen LogP contribution in [0.1, 0.15) is 35.4 Å². The van der Waals surface area contributed by atoms with Gasteiger partial charge in [-0.25, -0.2) is 0 Å². The highest BCUT2D eigenvalue weighted by molar-refractivity contribution is 7.16. The van der Waals surface area contributed by atoms with E-state index < -0.39 is 0 Å². The van der Waals surface area contributed by atoms with Crippen LogP contribution in [-0.2, 0) is 13.2 Å². The van der Waals surface area contributed by atoms with Crippen LogP contribution in [0.3, 0.4) is 0 Å². The fourth-order valence-corrected chi connectivity index (χ4v) is 3.27. The van der Waals surface area contributed by atoms with Gasteiger partial charge < -0.3 is 10.1 Å². The molecule has 0 bridgehead atoms. The van der Waals surface area contributed by atoms with Gasteiger partial charge in [0.05, 0.1) is 4.34 Å². The SMILES string of the molecule is Cc1cc(CNC(C)C)cc(C)c1OCc1ccc(Cl)s1. The minimum absolute atomic E-state index is 0.491. The molecule has 21 heavy (non-hydrogen) atoms. The van der Waals surface area contributed by atoms with Crippen molar-refractivity contribution in [2.45, 2.75) is 46.9 Å². The Hall–Kier alpha value is -1.03. The lowest BCUT2D eigenvalue weighted by atomic mass is 10.1. The Labute approximate surface area is 136 Å². The molecule has 0 saturated carbocycles. The summed E-state index contributed by atoms with van der Waals surface area (Å²) in [6.45, 7) is 9.97. The first-order chi connectivity index (χ1) is 9.95. The quantitative estimate of drug-likeness (QED) is 0.799. The predicted octanol–water partition coefficient (Wildman–Crippen LogP) is 5.10.